The molecule has 2 aromatic rings. The molecule has 1 unspecified atom stereocenters. The minimum atomic E-state index is -0.564. The van der Waals surface area contributed by atoms with Crippen LogP contribution < -0.4 is 10.1 Å². The summed E-state index contributed by atoms with van der Waals surface area (Å²) in [6, 6.07) is 16.5. The average molecular weight is 427 g/mol. The Hall–Kier alpha value is -2.41. The predicted molar refractivity (Wildman–Crippen MR) is 121 cm³/mol. The molecule has 0 aromatic heterocycles. The van der Waals surface area contributed by atoms with E-state index in [-0.39, 0.29) is 18.5 Å². The summed E-state index contributed by atoms with van der Waals surface area (Å²) in [6.45, 7) is 6.12. The monoisotopic (exact) mass is 426 g/mol. The molecule has 1 aliphatic heterocycles. The van der Waals surface area contributed by atoms with Gasteiger partial charge in [-0.3, -0.25) is 4.79 Å². The maximum atomic E-state index is 11.6. The van der Waals surface area contributed by atoms with Gasteiger partial charge in [-0.2, -0.15) is 0 Å². The van der Waals surface area contributed by atoms with Gasteiger partial charge >= 0.3 is 5.97 Å². The van der Waals surface area contributed by atoms with E-state index in [2.05, 4.69) is 41.4 Å². The lowest BCUT2D eigenvalue weighted by Crippen LogP contribution is -2.42. The van der Waals surface area contributed by atoms with Crippen molar-refractivity contribution in [3.63, 3.8) is 0 Å². The van der Waals surface area contributed by atoms with Gasteiger partial charge in [0.25, 0.3) is 0 Å². The third-order valence-corrected chi connectivity index (χ3v) is 5.70. The van der Waals surface area contributed by atoms with Gasteiger partial charge in [0.1, 0.15) is 18.5 Å². The van der Waals surface area contributed by atoms with E-state index in [1.807, 2.05) is 24.3 Å². The smallest absolute Gasteiger partial charge is 0.308 e. The van der Waals surface area contributed by atoms with Crippen LogP contribution in [0.1, 0.15) is 29.5 Å². The number of hydrogen-bond acceptors (Lipinski definition) is 6. The highest BCUT2D eigenvalue weighted by Gasteiger charge is 2.26. The minimum Gasteiger partial charge on any atom is -0.491 e. The molecule has 1 saturated heterocycles. The normalized spacial score (nSPS) is 16.1. The molecule has 168 valence electrons. The molecule has 0 saturated carbocycles. The molecule has 2 N–H and O–H groups in total. The summed E-state index contributed by atoms with van der Waals surface area (Å²) < 4.78 is 10.6. The zero-order chi connectivity index (χ0) is 22.1. The van der Waals surface area contributed by atoms with Crippen LogP contribution in [0.3, 0.4) is 0 Å². The molecule has 3 rings (SSSR count). The van der Waals surface area contributed by atoms with Crippen LogP contribution in [0, 0.1) is 12.8 Å². The van der Waals surface area contributed by atoms with E-state index in [0.717, 1.165) is 44.8 Å². The molecule has 0 spiro atoms. The lowest BCUT2D eigenvalue weighted by molar-refractivity contribution is -0.147. The Morgan fingerprint density at radius 1 is 1.13 bits per heavy atom. The van der Waals surface area contributed by atoms with Crippen molar-refractivity contribution in [2.24, 2.45) is 5.92 Å². The Morgan fingerprint density at radius 2 is 1.84 bits per heavy atom. The summed E-state index contributed by atoms with van der Waals surface area (Å²) in [5.74, 6) is 0.614. The number of methoxy groups -OCH3 is 1. The first kappa shape index (κ1) is 23.3. The Kier molecular flexibility index (Phi) is 8.88. The van der Waals surface area contributed by atoms with E-state index in [0.29, 0.717) is 6.54 Å². The van der Waals surface area contributed by atoms with E-state index >= 15 is 0 Å². The van der Waals surface area contributed by atoms with E-state index in [1.165, 1.54) is 23.8 Å². The molecule has 2 aromatic carbocycles. The van der Waals surface area contributed by atoms with Crippen LogP contribution in [0.5, 0.6) is 5.75 Å². The van der Waals surface area contributed by atoms with Gasteiger partial charge in [-0.1, -0.05) is 42.0 Å². The summed E-state index contributed by atoms with van der Waals surface area (Å²) in [5.41, 5.74) is 3.74. The third-order valence-electron chi connectivity index (χ3n) is 5.70. The molecular weight excluding hydrogens is 392 g/mol. The van der Waals surface area contributed by atoms with Gasteiger partial charge in [-0.25, -0.2) is 0 Å². The van der Waals surface area contributed by atoms with Crippen LogP contribution in [0.25, 0.3) is 0 Å². The number of nitrogens with zero attached hydrogens (tertiary/aromatic N) is 1. The summed E-state index contributed by atoms with van der Waals surface area (Å²) in [4.78, 5) is 13.8. The topological polar surface area (TPSA) is 71.0 Å². The second-order valence-corrected chi connectivity index (χ2v) is 8.30. The number of aliphatic hydroxyl groups is 1. The number of carbonyl (C=O) groups excluding carboxylic acids is 1. The first-order valence-electron chi connectivity index (χ1n) is 11.0. The van der Waals surface area contributed by atoms with Crippen molar-refractivity contribution in [3.8, 4) is 5.75 Å². The van der Waals surface area contributed by atoms with Crippen LogP contribution in [0.15, 0.2) is 48.5 Å². The maximum Gasteiger partial charge on any atom is 0.308 e. The van der Waals surface area contributed by atoms with Crippen LogP contribution in [-0.4, -0.2) is 55.4 Å². The van der Waals surface area contributed by atoms with E-state index in [9.17, 15) is 9.90 Å². The van der Waals surface area contributed by atoms with Gasteiger partial charge in [0, 0.05) is 19.6 Å². The molecule has 1 aliphatic rings. The highest BCUT2D eigenvalue weighted by Crippen LogP contribution is 2.19. The molecule has 0 aliphatic carbocycles. The standard InChI is InChI=1S/C25H34N2O4/c1-19-4-3-5-21(14-19)16-26-15-20-6-8-24(9-7-20)31-18-23(28)17-27-12-10-22(11-13-27)25(29)30-2/h3-9,14,22-23,26,28H,10-13,15-18H2,1-2H3. The summed E-state index contributed by atoms with van der Waals surface area (Å²) in [7, 11) is 1.43. The molecular formula is C25H34N2O4. The van der Waals surface area contributed by atoms with Crippen molar-refractivity contribution in [2.75, 3.05) is 33.4 Å². The van der Waals surface area contributed by atoms with Gasteiger partial charge in [0.2, 0.25) is 0 Å². The minimum absolute atomic E-state index is 0.0144. The number of likely N-dealkylation sites (tertiary alicyclic amines) is 1. The van der Waals surface area contributed by atoms with Crippen molar-refractivity contribution in [1.82, 2.24) is 10.2 Å². The van der Waals surface area contributed by atoms with Crippen molar-refractivity contribution in [3.05, 3.63) is 65.2 Å². The predicted octanol–water partition coefficient (Wildman–Crippen LogP) is 2.91. The third kappa shape index (κ3) is 7.65. The second kappa shape index (κ2) is 11.8. The average Bonchev–Trinajstić information content (AvgIpc) is 2.78. The highest BCUT2D eigenvalue weighted by molar-refractivity contribution is 5.72. The number of esters is 1. The van der Waals surface area contributed by atoms with Gasteiger partial charge in [-0.15, -0.1) is 0 Å². The fourth-order valence-electron chi connectivity index (χ4n) is 3.94. The zero-order valence-electron chi connectivity index (χ0n) is 18.5. The quantitative estimate of drug-likeness (QED) is 0.570. The SMILES string of the molecule is COC(=O)C1CCN(CC(O)COc2ccc(CNCc3cccc(C)c3)cc2)CC1. The zero-order valence-corrected chi connectivity index (χ0v) is 18.5. The van der Waals surface area contributed by atoms with Gasteiger partial charge in [0.15, 0.2) is 0 Å². The molecule has 1 atom stereocenters. The van der Waals surface area contributed by atoms with Crippen molar-refractivity contribution < 1.29 is 19.4 Å². The largest absolute Gasteiger partial charge is 0.491 e. The lowest BCUT2D eigenvalue weighted by atomic mass is 9.97. The molecule has 31 heavy (non-hydrogen) atoms. The van der Waals surface area contributed by atoms with Crippen molar-refractivity contribution in [1.29, 1.82) is 0 Å². The van der Waals surface area contributed by atoms with E-state index < -0.39 is 6.10 Å². The molecule has 6 heteroatoms. The maximum absolute atomic E-state index is 11.6. The Labute approximate surface area is 185 Å². The lowest BCUT2D eigenvalue weighted by Gasteiger charge is -2.31. The number of benzene rings is 2. The number of nitrogens with one attached hydrogen (secondary N) is 1. The number of hydrogen-bond donors (Lipinski definition) is 2. The number of ether oxygens (including phenoxy) is 2. The van der Waals surface area contributed by atoms with Crippen LogP contribution in [0.2, 0.25) is 0 Å². The fraction of sp³-hybridized carbons (Fsp3) is 0.480. The number of carbonyl (C=O) groups is 1. The van der Waals surface area contributed by atoms with Crippen LogP contribution >= 0.6 is 0 Å². The second-order valence-electron chi connectivity index (χ2n) is 8.30. The van der Waals surface area contributed by atoms with Gasteiger partial charge < -0.3 is 24.8 Å². The van der Waals surface area contributed by atoms with Crippen molar-refractivity contribution >= 4 is 5.97 Å². The Bertz CT molecular complexity index is 817. The van der Waals surface area contributed by atoms with Crippen molar-refractivity contribution in [2.45, 2.75) is 39.0 Å². The van der Waals surface area contributed by atoms with E-state index in [4.69, 9.17) is 9.47 Å². The molecule has 1 heterocycles. The van der Waals surface area contributed by atoms with Crippen LogP contribution in [0.4, 0.5) is 0 Å². The van der Waals surface area contributed by atoms with E-state index in [1.54, 1.807) is 0 Å². The number of rotatable bonds is 10. The van der Waals surface area contributed by atoms with Gasteiger partial charge in [0.05, 0.1) is 13.0 Å². The molecule has 0 amide bonds. The summed E-state index contributed by atoms with van der Waals surface area (Å²) in [6.07, 6.45) is 0.990. The van der Waals surface area contributed by atoms with Crippen LogP contribution in [-0.2, 0) is 22.6 Å². The summed E-state index contributed by atoms with van der Waals surface area (Å²) in [5, 5.41) is 13.8. The number of piperidine rings is 1. The van der Waals surface area contributed by atoms with Gasteiger partial charge in [-0.05, 0) is 56.1 Å². The Balaban J connectivity index is 1.34. The molecule has 6 nitrogen and oxygen atoms in total. The molecule has 0 radical (unpaired) electrons. The fourth-order valence-corrected chi connectivity index (χ4v) is 3.94. The number of aliphatic hydroxyl groups excluding tert-OH is 1. The first-order chi connectivity index (χ1) is 15.0. The molecule has 0 bridgehead atoms. The summed E-state index contributed by atoms with van der Waals surface area (Å²) >= 11 is 0. The molecule has 1 fully saturated rings. The first-order valence-corrected chi connectivity index (χ1v) is 11.0. The Morgan fingerprint density at radius 3 is 2.52 bits per heavy atom. The number of β-amino-alcohol motifs (C(OH)–C–C–N with tert-alkyl or cyclic N) is 1. The number of aryl methyl sites for hydroxylation is 1. The highest BCUT2D eigenvalue weighted by atomic mass is 16.5.